The molecule has 0 saturated heterocycles. The summed E-state index contributed by atoms with van der Waals surface area (Å²) in [6.07, 6.45) is 1.61. The highest BCUT2D eigenvalue weighted by Crippen LogP contribution is 2.37. The van der Waals surface area contributed by atoms with Crippen LogP contribution in [0.15, 0.2) is 135 Å². The van der Waals surface area contributed by atoms with Gasteiger partial charge in [0.05, 0.1) is 0 Å². The number of amides is 3. The van der Waals surface area contributed by atoms with Gasteiger partial charge >= 0.3 is 0 Å². The number of carbonyl (C=O) groups is 3. The number of aryl methyl sites for hydroxylation is 1. The second kappa shape index (κ2) is 14.5. The quantitative estimate of drug-likeness (QED) is 0.104. The van der Waals surface area contributed by atoms with E-state index in [0.29, 0.717) is 22.8 Å². The summed E-state index contributed by atoms with van der Waals surface area (Å²) in [6.45, 7) is 1.75. The molecule has 1 atom stereocenters. The molecule has 8 nitrogen and oxygen atoms in total. The van der Waals surface area contributed by atoms with Crippen molar-refractivity contribution in [3.05, 3.63) is 148 Å². The summed E-state index contributed by atoms with van der Waals surface area (Å²) in [7, 11) is 0. The van der Waals surface area contributed by atoms with Gasteiger partial charge in [0.15, 0.2) is 5.82 Å². The van der Waals surface area contributed by atoms with E-state index in [-0.39, 0.29) is 11.6 Å². The van der Waals surface area contributed by atoms with Crippen molar-refractivity contribution in [2.45, 2.75) is 17.1 Å². The third kappa shape index (κ3) is 8.33. The number of anilines is 2. The average Bonchev–Trinajstić information content (AvgIpc) is 3.45. The van der Waals surface area contributed by atoms with Crippen molar-refractivity contribution in [3.8, 4) is 0 Å². The molecule has 0 spiro atoms. The molecule has 4 aromatic carbocycles. The highest BCUT2D eigenvalue weighted by atomic mass is 79.9. The van der Waals surface area contributed by atoms with Gasteiger partial charge in [-0.1, -0.05) is 87.8 Å². The molecule has 1 heterocycles. The summed E-state index contributed by atoms with van der Waals surface area (Å²) in [5, 5.41) is 11.7. The summed E-state index contributed by atoms with van der Waals surface area (Å²) >= 11 is 4.74. The van der Waals surface area contributed by atoms with E-state index in [1.807, 2.05) is 66.7 Å². The Morgan fingerprint density at radius 1 is 0.841 bits per heavy atom. The predicted molar refractivity (Wildman–Crippen MR) is 176 cm³/mol. The van der Waals surface area contributed by atoms with Crippen molar-refractivity contribution in [1.82, 2.24) is 10.5 Å². The Hall–Kier alpha value is -4.93. The molecule has 5 aromatic rings. The van der Waals surface area contributed by atoms with Crippen LogP contribution in [0.1, 0.15) is 32.5 Å². The van der Waals surface area contributed by atoms with Crippen molar-refractivity contribution in [2.75, 3.05) is 10.6 Å². The first-order valence-electron chi connectivity index (χ1n) is 13.5. The van der Waals surface area contributed by atoms with Crippen LogP contribution in [-0.4, -0.2) is 22.9 Å². The molecule has 220 valence electrons. The average molecular weight is 668 g/mol. The molecular weight excluding hydrogens is 640 g/mol. The number of rotatable bonds is 10. The molecule has 5 rings (SSSR count). The second-order valence-corrected chi connectivity index (χ2v) is 11.7. The lowest BCUT2D eigenvalue weighted by Gasteiger charge is -2.17. The summed E-state index contributed by atoms with van der Waals surface area (Å²) in [5.41, 5.74) is 2.52. The van der Waals surface area contributed by atoms with Crippen LogP contribution in [0.3, 0.4) is 0 Å². The maximum atomic E-state index is 13.5. The zero-order valence-corrected chi connectivity index (χ0v) is 25.9. The minimum absolute atomic E-state index is 0.0728. The minimum Gasteiger partial charge on any atom is -0.360 e. The number of hydrogen-bond acceptors (Lipinski definition) is 6. The van der Waals surface area contributed by atoms with Crippen LogP contribution in [0.2, 0.25) is 0 Å². The third-order valence-electron chi connectivity index (χ3n) is 6.28. The van der Waals surface area contributed by atoms with Crippen LogP contribution in [0, 0.1) is 6.92 Å². The van der Waals surface area contributed by atoms with Crippen LogP contribution >= 0.6 is 27.7 Å². The van der Waals surface area contributed by atoms with Crippen LogP contribution < -0.4 is 16.0 Å². The summed E-state index contributed by atoms with van der Waals surface area (Å²) < 4.78 is 5.98. The maximum absolute atomic E-state index is 13.5. The number of aromatic nitrogens is 1. The lowest BCUT2D eigenvalue weighted by molar-refractivity contribution is -0.116. The third-order valence-corrected chi connectivity index (χ3v) is 8.05. The maximum Gasteiger partial charge on any atom is 0.272 e. The van der Waals surface area contributed by atoms with Crippen molar-refractivity contribution in [3.63, 3.8) is 0 Å². The molecule has 44 heavy (non-hydrogen) atoms. The van der Waals surface area contributed by atoms with Gasteiger partial charge in [-0.2, -0.15) is 0 Å². The molecule has 3 amide bonds. The van der Waals surface area contributed by atoms with Crippen molar-refractivity contribution in [2.24, 2.45) is 0 Å². The van der Waals surface area contributed by atoms with Crippen molar-refractivity contribution >= 4 is 63.0 Å². The summed E-state index contributed by atoms with van der Waals surface area (Å²) in [4.78, 5) is 40.6. The number of nitrogens with zero attached hydrogens (tertiary/aromatic N) is 1. The Balaban J connectivity index is 1.37. The van der Waals surface area contributed by atoms with E-state index in [9.17, 15) is 14.4 Å². The molecule has 0 radical (unpaired) electrons. The molecule has 0 fully saturated rings. The van der Waals surface area contributed by atoms with E-state index < -0.39 is 17.1 Å². The normalized spacial score (nSPS) is 11.8. The fourth-order valence-electron chi connectivity index (χ4n) is 4.17. The van der Waals surface area contributed by atoms with Crippen molar-refractivity contribution < 1.29 is 18.9 Å². The number of benzene rings is 4. The zero-order chi connectivity index (χ0) is 30.9. The highest BCUT2D eigenvalue weighted by molar-refractivity contribution is 9.10. The van der Waals surface area contributed by atoms with E-state index in [2.05, 4.69) is 37.0 Å². The van der Waals surface area contributed by atoms with Gasteiger partial charge in [0, 0.05) is 26.7 Å². The number of hydrogen-bond donors (Lipinski definition) is 3. The lowest BCUT2D eigenvalue weighted by atomic mass is 10.1. The van der Waals surface area contributed by atoms with E-state index in [1.165, 1.54) is 11.8 Å². The van der Waals surface area contributed by atoms with Crippen molar-refractivity contribution in [1.29, 1.82) is 0 Å². The van der Waals surface area contributed by atoms with E-state index in [0.717, 1.165) is 20.5 Å². The minimum atomic E-state index is -0.614. The fourth-order valence-corrected chi connectivity index (χ4v) is 5.52. The molecule has 1 aromatic heterocycles. The molecule has 0 aliphatic rings. The molecule has 0 aliphatic carbocycles. The van der Waals surface area contributed by atoms with E-state index in [4.69, 9.17) is 4.52 Å². The smallest absolute Gasteiger partial charge is 0.272 e. The molecule has 0 saturated carbocycles. The van der Waals surface area contributed by atoms with Gasteiger partial charge in [-0.3, -0.25) is 14.4 Å². The first-order chi connectivity index (χ1) is 21.3. The number of carbonyl (C=O) groups excluding carboxylic acids is 3. The van der Waals surface area contributed by atoms with Gasteiger partial charge in [-0.25, -0.2) is 0 Å². The Morgan fingerprint density at radius 3 is 2.23 bits per heavy atom. The molecule has 10 heteroatoms. The second-order valence-electron chi connectivity index (χ2n) is 9.63. The molecule has 0 bridgehead atoms. The molecule has 3 N–H and O–H groups in total. The summed E-state index contributed by atoms with van der Waals surface area (Å²) in [6, 6.07) is 34.3. The van der Waals surface area contributed by atoms with Gasteiger partial charge in [0.2, 0.25) is 5.91 Å². The van der Waals surface area contributed by atoms with Gasteiger partial charge in [0.25, 0.3) is 11.8 Å². The van der Waals surface area contributed by atoms with Gasteiger partial charge in [0.1, 0.15) is 16.7 Å². The molecular formula is C34H27BrN4O4S. The Kier molecular flexibility index (Phi) is 10.1. The van der Waals surface area contributed by atoms with E-state index >= 15 is 0 Å². The Bertz CT molecular complexity index is 1790. The Morgan fingerprint density at radius 2 is 1.55 bits per heavy atom. The summed E-state index contributed by atoms with van der Waals surface area (Å²) in [5.74, 6) is -0.267. The topological polar surface area (TPSA) is 113 Å². The SMILES string of the molecule is Cc1cc(NC(=O)C(Sc2cccc(NC(=O)/C(=C/c3ccc(Br)cc3)NC(=O)c3ccccc3)c2)c2ccccc2)no1. The Labute approximate surface area is 267 Å². The van der Waals surface area contributed by atoms with Crippen LogP contribution in [0.5, 0.6) is 0 Å². The van der Waals surface area contributed by atoms with Crippen LogP contribution in [-0.2, 0) is 9.59 Å². The first-order valence-corrected chi connectivity index (χ1v) is 15.2. The van der Waals surface area contributed by atoms with Gasteiger partial charge in [-0.05, 0) is 66.6 Å². The number of nitrogens with one attached hydrogen (secondary N) is 3. The lowest BCUT2D eigenvalue weighted by Crippen LogP contribution is -2.30. The largest absolute Gasteiger partial charge is 0.360 e. The zero-order valence-electron chi connectivity index (χ0n) is 23.5. The van der Waals surface area contributed by atoms with Gasteiger partial charge < -0.3 is 20.5 Å². The molecule has 1 unspecified atom stereocenters. The number of halogens is 1. The van der Waals surface area contributed by atoms with Crippen LogP contribution in [0.25, 0.3) is 6.08 Å². The van der Waals surface area contributed by atoms with Crippen LogP contribution in [0.4, 0.5) is 11.5 Å². The molecule has 0 aliphatic heterocycles. The van der Waals surface area contributed by atoms with Gasteiger partial charge in [-0.15, -0.1) is 11.8 Å². The predicted octanol–water partition coefficient (Wildman–Crippen LogP) is 7.63. The standard InChI is InChI=1S/C34H27BrN4O4S/c1-22-19-30(39-43-22)38-34(42)31(24-9-4-2-5-10-24)44-28-14-8-13-27(21-28)36-33(41)29(20-23-15-17-26(35)18-16-23)37-32(40)25-11-6-3-7-12-25/h2-21,31H,1H3,(H,36,41)(H,37,40)(H,38,39,42)/b29-20-. The van der Waals surface area contributed by atoms with E-state index in [1.54, 1.807) is 61.5 Å². The number of thioether (sulfide) groups is 1. The fraction of sp³-hybridized carbons (Fsp3) is 0.0588. The highest BCUT2D eigenvalue weighted by Gasteiger charge is 2.23. The monoisotopic (exact) mass is 666 g/mol. The first kappa shape index (κ1) is 30.5.